The summed E-state index contributed by atoms with van der Waals surface area (Å²) in [6.07, 6.45) is 6.51. The summed E-state index contributed by atoms with van der Waals surface area (Å²) >= 11 is 0. The largest absolute Gasteiger partial charge is 0.470 e. The molecule has 0 saturated carbocycles. The highest BCUT2D eigenvalue weighted by Gasteiger charge is 1.79. The van der Waals surface area contributed by atoms with E-state index >= 15 is 0 Å². The van der Waals surface area contributed by atoms with Gasteiger partial charge in [0.15, 0.2) is 0 Å². The summed E-state index contributed by atoms with van der Waals surface area (Å²) in [4.78, 5) is 3.40. The SMILES string of the molecule is [C]1=CCO[C]=N1. The molecule has 1 rings (SSSR count). The van der Waals surface area contributed by atoms with Crippen LogP contribution in [0.1, 0.15) is 0 Å². The van der Waals surface area contributed by atoms with Crippen LogP contribution in [0.15, 0.2) is 11.1 Å². The summed E-state index contributed by atoms with van der Waals surface area (Å²) in [5.74, 6) is 0. The molecule has 0 aliphatic carbocycles. The van der Waals surface area contributed by atoms with E-state index in [2.05, 4.69) is 22.3 Å². The number of rotatable bonds is 0. The van der Waals surface area contributed by atoms with E-state index in [0.717, 1.165) is 0 Å². The maximum atomic E-state index is 4.53. The molecule has 1 heterocycles. The van der Waals surface area contributed by atoms with Crippen molar-refractivity contribution in [3.8, 4) is 0 Å². The minimum absolute atomic E-state index is 0.559. The Kier molecular flexibility index (Phi) is 0.906. The highest BCUT2D eigenvalue weighted by Crippen LogP contribution is 1.80. The lowest BCUT2D eigenvalue weighted by Crippen LogP contribution is -1.89. The molecular weight excluding hydrogens is 78.1 g/mol. The van der Waals surface area contributed by atoms with Gasteiger partial charge in [0.2, 0.25) is 0 Å². The average molecular weight is 81.1 g/mol. The van der Waals surface area contributed by atoms with Crippen molar-refractivity contribution < 1.29 is 4.74 Å². The van der Waals surface area contributed by atoms with E-state index in [9.17, 15) is 0 Å². The van der Waals surface area contributed by atoms with E-state index in [1.807, 2.05) is 0 Å². The fourth-order valence-corrected chi connectivity index (χ4v) is 0.220. The van der Waals surface area contributed by atoms with E-state index in [-0.39, 0.29) is 0 Å². The molecule has 0 amide bonds. The number of hydrogen-bond acceptors (Lipinski definition) is 2. The van der Waals surface area contributed by atoms with Gasteiger partial charge in [0.05, 0.1) is 6.20 Å². The van der Waals surface area contributed by atoms with Crippen LogP contribution in [0.5, 0.6) is 0 Å². The molecule has 2 heteroatoms. The van der Waals surface area contributed by atoms with Crippen LogP contribution >= 0.6 is 0 Å². The minimum atomic E-state index is 0.559. The Morgan fingerprint density at radius 3 is 3.00 bits per heavy atom. The Balaban J connectivity index is 2.46. The normalized spacial score (nSPS) is 17.3. The lowest BCUT2D eigenvalue weighted by atomic mass is 10.6. The van der Waals surface area contributed by atoms with Crippen molar-refractivity contribution in [2.45, 2.75) is 0 Å². The van der Waals surface area contributed by atoms with Crippen molar-refractivity contribution in [3.05, 3.63) is 12.3 Å². The van der Waals surface area contributed by atoms with Crippen LogP contribution in [0.25, 0.3) is 0 Å². The second kappa shape index (κ2) is 1.60. The molecule has 1 aliphatic rings. The predicted octanol–water partition coefficient (Wildman–Crippen LogP) is 0.239. The first-order chi connectivity index (χ1) is 3.00. The molecule has 2 radical (unpaired) electrons. The van der Waals surface area contributed by atoms with Crippen LogP contribution in [0.2, 0.25) is 0 Å². The number of ether oxygens (including phenoxy) is 1. The summed E-state index contributed by atoms with van der Waals surface area (Å²) in [7, 11) is 0. The maximum absolute atomic E-state index is 4.53. The van der Waals surface area contributed by atoms with Crippen LogP contribution < -0.4 is 0 Å². The predicted molar refractivity (Wildman–Crippen MR) is 21.2 cm³/mol. The third-order valence-corrected chi connectivity index (χ3v) is 0.433. The van der Waals surface area contributed by atoms with Crippen LogP contribution in [-0.2, 0) is 4.74 Å². The summed E-state index contributed by atoms with van der Waals surface area (Å²) < 4.78 is 4.53. The van der Waals surface area contributed by atoms with Crippen molar-refractivity contribution >= 4 is 6.40 Å². The topological polar surface area (TPSA) is 21.6 Å². The average Bonchev–Trinajstić information content (AvgIpc) is 1.72. The van der Waals surface area contributed by atoms with E-state index < -0.39 is 0 Å². The molecule has 0 N–H and O–H groups in total. The summed E-state index contributed by atoms with van der Waals surface area (Å²) in [6.45, 7) is 0.559. The van der Waals surface area contributed by atoms with Gasteiger partial charge in [-0.15, -0.1) is 0 Å². The van der Waals surface area contributed by atoms with Crippen LogP contribution in [0.4, 0.5) is 0 Å². The monoisotopic (exact) mass is 81.0 g/mol. The molecule has 0 aromatic rings. The van der Waals surface area contributed by atoms with Gasteiger partial charge in [-0.05, 0) is 6.08 Å². The van der Waals surface area contributed by atoms with Crippen molar-refractivity contribution in [1.29, 1.82) is 0 Å². The second-order valence-corrected chi connectivity index (χ2v) is 0.847. The summed E-state index contributed by atoms with van der Waals surface area (Å²) in [5, 5.41) is 0. The molecule has 0 spiro atoms. The zero-order chi connectivity index (χ0) is 4.24. The lowest BCUT2D eigenvalue weighted by molar-refractivity contribution is 0.361. The fraction of sp³-hybridized carbons (Fsp3) is 0.250. The fourth-order valence-electron chi connectivity index (χ4n) is 0.220. The van der Waals surface area contributed by atoms with Gasteiger partial charge in [0, 0.05) is 0 Å². The number of aliphatic imine (C=N–C) groups is 1. The molecule has 0 saturated heterocycles. The van der Waals surface area contributed by atoms with E-state index in [1.165, 1.54) is 0 Å². The number of nitrogens with zero attached hydrogens (tertiary/aromatic N) is 1. The maximum Gasteiger partial charge on any atom is 0.279 e. The molecule has 0 atom stereocenters. The molecular formula is C4H3NO. The first-order valence-corrected chi connectivity index (χ1v) is 1.64. The van der Waals surface area contributed by atoms with Crippen molar-refractivity contribution in [1.82, 2.24) is 0 Å². The van der Waals surface area contributed by atoms with Gasteiger partial charge >= 0.3 is 0 Å². The first-order valence-electron chi connectivity index (χ1n) is 1.64. The zero-order valence-corrected chi connectivity index (χ0v) is 3.14. The van der Waals surface area contributed by atoms with Crippen molar-refractivity contribution in [2.75, 3.05) is 6.61 Å². The molecule has 6 heavy (non-hydrogen) atoms. The van der Waals surface area contributed by atoms with Gasteiger partial charge < -0.3 is 4.74 Å². The van der Waals surface area contributed by atoms with Gasteiger partial charge in [-0.3, -0.25) is 0 Å². The Morgan fingerprint density at radius 1 is 1.83 bits per heavy atom. The zero-order valence-electron chi connectivity index (χ0n) is 3.14. The lowest BCUT2D eigenvalue weighted by Gasteiger charge is -1.90. The minimum Gasteiger partial charge on any atom is -0.470 e. The van der Waals surface area contributed by atoms with Crippen LogP contribution in [0.3, 0.4) is 0 Å². The third kappa shape index (κ3) is 0.578. The second-order valence-electron chi connectivity index (χ2n) is 0.847. The Bertz CT molecular complexity index is 73.5. The van der Waals surface area contributed by atoms with Crippen molar-refractivity contribution in [3.63, 3.8) is 0 Å². The molecule has 30 valence electrons. The highest BCUT2D eigenvalue weighted by atomic mass is 16.5. The Hall–Kier alpha value is -0.790. The Morgan fingerprint density at radius 2 is 2.83 bits per heavy atom. The van der Waals surface area contributed by atoms with Crippen molar-refractivity contribution in [2.24, 2.45) is 4.99 Å². The van der Waals surface area contributed by atoms with E-state index in [4.69, 9.17) is 0 Å². The van der Waals surface area contributed by atoms with Crippen LogP contribution in [-0.4, -0.2) is 13.0 Å². The molecule has 0 bridgehead atoms. The van der Waals surface area contributed by atoms with E-state index in [0.29, 0.717) is 6.61 Å². The summed E-state index contributed by atoms with van der Waals surface area (Å²) in [5.41, 5.74) is 0. The standard InChI is InChI=1S/C4H3NO/c1-2-5-4-6-3-1/h1H,3H2. The van der Waals surface area contributed by atoms with Gasteiger partial charge in [-0.1, -0.05) is 0 Å². The molecule has 2 nitrogen and oxygen atoms in total. The smallest absolute Gasteiger partial charge is 0.279 e. The third-order valence-electron chi connectivity index (χ3n) is 0.433. The quantitative estimate of drug-likeness (QED) is 0.409. The summed E-state index contributed by atoms with van der Waals surface area (Å²) in [6, 6.07) is 0. The van der Waals surface area contributed by atoms with Gasteiger partial charge in [0.25, 0.3) is 6.40 Å². The number of hydrogen-bond donors (Lipinski definition) is 0. The van der Waals surface area contributed by atoms with Gasteiger partial charge in [-0.2, -0.15) is 0 Å². The molecule has 1 aliphatic heterocycles. The highest BCUT2D eigenvalue weighted by molar-refractivity contribution is 5.47. The van der Waals surface area contributed by atoms with Crippen LogP contribution in [0, 0.1) is 6.20 Å². The van der Waals surface area contributed by atoms with E-state index in [1.54, 1.807) is 6.08 Å². The molecule has 0 fully saturated rings. The van der Waals surface area contributed by atoms with Gasteiger partial charge in [0.1, 0.15) is 6.61 Å². The molecule has 0 aromatic carbocycles. The Labute approximate surface area is 36.1 Å². The molecule has 0 unspecified atom stereocenters. The van der Waals surface area contributed by atoms with Gasteiger partial charge in [-0.25, -0.2) is 4.99 Å². The first kappa shape index (κ1) is 3.40. The molecule has 0 aromatic heterocycles.